The zero-order valence-electron chi connectivity index (χ0n) is 10.7. The molecule has 0 spiro atoms. The van der Waals surface area contributed by atoms with E-state index in [2.05, 4.69) is 15.0 Å². The number of para-hydroxylation sites is 1. The van der Waals surface area contributed by atoms with Crippen molar-refractivity contribution in [1.29, 1.82) is 0 Å². The van der Waals surface area contributed by atoms with Crippen molar-refractivity contribution < 1.29 is 9.26 Å². The Morgan fingerprint density at radius 1 is 1.37 bits per heavy atom. The van der Waals surface area contributed by atoms with Crippen LogP contribution in [0.2, 0.25) is 0 Å². The second-order valence-corrected chi connectivity index (χ2v) is 4.67. The van der Waals surface area contributed by atoms with Gasteiger partial charge in [-0.3, -0.25) is 0 Å². The van der Waals surface area contributed by atoms with E-state index in [1.165, 1.54) is 0 Å². The van der Waals surface area contributed by atoms with Crippen LogP contribution in [0.25, 0.3) is 11.5 Å². The minimum atomic E-state index is -0.138. The third kappa shape index (κ3) is 2.45. The van der Waals surface area contributed by atoms with Gasteiger partial charge in [-0.2, -0.15) is 4.98 Å². The number of likely N-dealkylation sites (N-methyl/N-ethyl adjacent to an activating group) is 1. The first-order valence-electron chi connectivity index (χ1n) is 6.22. The van der Waals surface area contributed by atoms with E-state index >= 15 is 0 Å². The van der Waals surface area contributed by atoms with Crippen molar-refractivity contribution in [2.24, 2.45) is 0 Å². The van der Waals surface area contributed by atoms with E-state index in [1.54, 1.807) is 0 Å². The Morgan fingerprint density at radius 3 is 3.00 bits per heavy atom. The summed E-state index contributed by atoms with van der Waals surface area (Å²) < 4.78 is 10.9. The van der Waals surface area contributed by atoms with E-state index in [1.807, 2.05) is 31.3 Å². The highest BCUT2D eigenvalue weighted by molar-refractivity contribution is 5.69. The van der Waals surface area contributed by atoms with Crippen LogP contribution in [-0.4, -0.2) is 41.8 Å². The van der Waals surface area contributed by atoms with Gasteiger partial charge in [0.15, 0.2) is 0 Å². The smallest absolute Gasteiger partial charge is 0.260 e. The van der Waals surface area contributed by atoms with Gasteiger partial charge in [-0.15, -0.1) is 0 Å². The summed E-state index contributed by atoms with van der Waals surface area (Å²) in [5.41, 5.74) is 7.27. The van der Waals surface area contributed by atoms with E-state index in [-0.39, 0.29) is 6.10 Å². The largest absolute Gasteiger partial charge is 0.398 e. The van der Waals surface area contributed by atoms with Gasteiger partial charge in [0.2, 0.25) is 5.82 Å². The van der Waals surface area contributed by atoms with E-state index in [9.17, 15) is 0 Å². The second kappa shape index (κ2) is 4.99. The van der Waals surface area contributed by atoms with Crippen molar-refractivity contribution in [3.8, 4) is 11.5 Å². The van der Waals surface area contributed by atoms with E-state index in [0.29, 0.717) is 24.0 Å². The fourth-order valence-electron chi connectivity index (χ4n) is 2.10. The summed E-state index contributed by atoms with van der Waals surface area (Å²) in [7, 11) is 2.05. The Balaban J connectivity index is 1.85. The Hall–Kier alpha value is -1.92. The van der Waals surface area contributed by atoms with Gasteiger partial charge >= 0.3 is 0 Å². The molecule has 2 N–H and O–H groups in total. The van der Waals surface area contributed by atoms with Gasteiger partial charge in [0, 0.05) is 18.8 Å². The number of anilines is 1. The normalized spacial score (nSPS) is 20.6. The molecule has 0 saturated carbocycles. The van der Waals surface area contributed by atoms with E-state index < -0.39 is 0 Å². The van der Waals surface area contributed by atoms with Crippen molar-refractivity contribution >= 4 is 5.69 Å². The second-order valence-electron chi connectivity index (χ2n) is 4.67. The summed E-state index contributed by atoms with van der Waals surface area (Å²) in [5, 5.41) is 4.00. The summed E-state index contributed by atoms with van der Waals surface area (Å²) in [6.45, 7) is 2.37. The maximum absolute atomic E-state index is 5.90. The lowest BCUT2D eigenvalue weighted by Crippen LogP contribution is -2.35. The Morgan fingerprint density at radius 2 is 2.21 bits per heavy atom. The van der Waals surface area contributed by atoms with Crippen molar-refractivity contribution in [1.82, 2.24) is 15.0 Å². The minimum absolute atomic E-state index is 0.138. The number of nitrogens with two attached hydrogens (primary N) is 1. The number of rotatable bonds is 2. The quantitative estimate of drug-likeness (QED) is 0.821. The molecule has 1 aromatic carbocycles. The van der Waals surface area contributed by atoms with Gasteiger partial charge in [0.25, 0.3) is 5.89 Å². The molecule has 1 atom stereocenters. The van der Waals surface area contributed by atoms with Crippen molar-refractivity contribution in [3.05, 3.63) is 30.1 Å². The minimum Gasteiger partial charge on any atom is -0.398 e. The molecule has 6 nitrogen and oxygen atoms in total. The molecular weight excluding hydrogens is 244 g/mol. The Kier molecular flexibility index (Phi) is 3.18. The lowest BCUT2D eigenvalue weighted by atomic mass is 10.2. The molecule has 2 aromatic rings. The third-order valence-electron chi connectivity index (χ3n) is 3.19. The number of hydrogen-bond acceptors (Lipinski definition) is 6. The maximum Gasteiger partial charge on any atom is 0.260 e. The number of nitrogens with zero attached hydrogens (tertiary/aromatic N) is 3. The monoisotopic (exact) mass is 260 g/mol. The van der Waals surface area contributed by atoms with Gasteiger partial charge in [-0.25, -0.2) is 0 Å². The van der Waals surface area contributed by atoms with Gasteiger partial charge in [0.1, 0.15) is 6.10 Å². The molecule has 3 rings (SSSR count). The highest BCUT2D eigenvalue weighted by Gasteiger charge is 2.24. The Bertz CT molecular complexity index is 569. The van der Waals surface area contributed by atoms with Crippen LogP contribution in [0.4, 0.5) is 5.69 Å². The van der Waals surface area contributed by atoms with Gasteiger partial charge < -0.3 is 19.9 Å². The molecule has 2 heterocycles. The van der Waals surface area contributed by atoms with Gasteiger partial charge in [-0.05, 0) is 19.2 Å². The number of morpholine rings is 1. The van der Waals surface area contributed by atoms with Crippen molar-refractivity contribution in [3.63, 3.8) is 0 Å². The average Bonchev–Trinajstić information content (AvgIpc) is 2.89. The maximum atomic E-state index is 5.90. The molecule has 1 aliphatic heterocycles. The first kappa shape index (κ1) is 12.1. The number of ether oxygens (including phenoxy) is 1. The Labute approximate surface area is 111 Å². The number of aromatic nitrogens is 2. The topological polar surface area (TPSA) is 77.4 Å². The molecule has 6 heteroatoms. The third-order valence-corrected chi connectivity index (χ3v) is 3.19. The molecular formula is C13H16N4O2. The molecule has 1 unspecified atom stereocenters. The van der Waals surface area contributed by atoms with Crippen LogP contribution in [-0.2, 0) is 4.74 Å². The predicted octanol–water partition coefficient (Wildman–Crippen LogP) is 1.32. The molecule has 100 valence electrons. The van der Waals surface area contributed by atoms with Crippen LogP contribution < -0.4 is 5.73 Å². The molecule has 1 saturated heterocycles. The van der Waals surface area contributed by atoms with Gasteiger partial charge in [-0.1, -0.05) is 17.3 Å². The summed E-state index contributed by atoms with van der Waals surface area (Å²) >= 11 is 0. The fraction of sp³-hybridized carbons (Fsp3) is 0.385. The van der Waals surface area contributed by atoms with Crippen LogP contribution in [0, 0.1) is 0 Å². The summed E-state index contributed by atoms with van der Waals surface area (Å²) in [6, 6.07) is 7.43. The highest BCUT2D eigenvalue weighted by Crippen LogP contribution is 2.26. The van der Waals surface area contributed by atoms with Crippen LogP contribution in [0.5, 0.6) is 0 Å². The van der Waals surface area contributed by atoms with Gasteiger partial charge in [0.05, 0.1) is 12.2 Å². The fourth-order valence-corrected chi connectivity index (χ4v) is 2.10. The van der Waals surface area contributed by atoms with Crippen LogP contribution in [0.3, 0.4) is 0 Å². The molecule has 0 aliphatic carbocycles. The molecule has 19 heavy (non-hydrogen) atoms. The number of benzene rings is 1. The van der Waals surface area contributed by atoms with E-state index in [0.717, 1.165) is 18.7 Å². The summed E-state index contributed by atoms with van der Waals surface area (Å²) in [4.78, 5) is 6.57. The SMILES string of the molecule is CN1CCOC(c2noc(-c3ccccc3N)n2)C1. The van der Waals surface area contributed by atoms with Crippen molar-refractivity contribution in [2.45, 2.75) is 6.10 Å². The zero-order chi connectivity index (χ0) is 13.2. The molecule has 0 amide bonds. The van der Waals surface area contributed by atoms with Crippen LogP contribution in [0.1, 0.15) is 11.9 Å². The molecule has 1 aliphatic rings. The summed E-state index contributed by atoms with van der Waals surface area (Å²) in [6.07, 6.45) is -0.138. The van der Waals surface area contributed by atoms with Crippen molar-refractivity contribution in [2.75, 3.05) is 32.5 Å². The summed E-state index contributed by atoms with van der Waals surface area (Å²) in [5.74, 6) is 1.01. The number of nitrogen functional groups attached to an aromatic ring is 1. The average molecular weight is 260 g/mol. The zero-order valence-corrected chi connectivity index (χ0v) is 10.7. The molecule has 1 fully saturated rings. The molecule has 0 radical (unpaired) electrons. The van der Waals surface area contributed by atoms with Crippen LogP contribution in [0.15, 0.2) is 28.8 Å². The molecule has 1 aromatic heterocycles. The highest BCUT2D eigenvalue weighted by atomic mass is 16.5. The van der Waals surface area contributed by atoms with Crippen LogP contribution >= 0.6 is 0 Å². The first-order valence-corrected chi connectivity index (χ1v) is 6.22. The number of hydrogen-bond donors (Lipinski definition) is 1. The first-order chi connectivity index (χ1) is 9.24. The predicted molar refractivity (Wildman–Crippen MR) is 70.3 cm³/mol. The van der Waals surface area contributed by atoms with E-state index in [4.69, 9.17) is 15.0 Å². The molecule has 0 bridgehead atoms. The lowest BCUT2D eigenvalue weighted by Gasteiger charge is -2.27. The lowest BCUT2D eigenvalue weighted by molar-refractivity contribution is -0.0264. The standard InChI is InChI=1S/C13H16N4O2/c1-17-6-7-18-11(8-17)12-15-13(19-16-12)9-4-2-3-5-10(9)14/h2-5,11H,6-8,14H2,1H3.